The van der Waals surface area contributed by atoms with Crippen LogP contribution in [0.1, 0.15) is 19.3 Å². The summed E-state index contributed by atoms with van der Waals surface area (Å²) in [7, 11) is 0. The lowest BCUT2D eigenvalue weighted by Crippen LogP contribution is -2.19. The van der Waals surface area contributed by atoms with Crippen molar-refractivity contribution < 1.29 is 4.74 Å². The number of rotatable bonds is 2. The molecule has 2 heterocycles. The Labute approximate surface area is 107 Å². The molecule has 0 saturated carbocycles. The molecule has 3 rings (SSSR count). The number of aromatic nitrogens is 1. The lowest BCUT2D eigenvalue weighted by Gasteiger charge is -2.16. The van der Waals surface area contributed by atoms with E-state index in [1.54, 1.807) is 0 Å². The summed E-state index contributed by atoms with van der Waals surface area (Å²) in [6.07, 6.45) is 5.46. The Balaban J connectivity index is 1.85. The van der Waals surface area contributed by atoms with Crippen LogP contribution in [-0.2, 0) is 0 Å². The Morgan fingerprint density at radius 1 is 1.11 bits per heavy atom. The molecule has 3 nitrogen and oxygen atoms in total. The second kappa shape index (κ2) is 5.36. The fourth-order valence-corrected chi connectivity index (χ4v) is 2.45. The average Bonchev–Trinajstić information content (AvgIpc) is 2.68. The van der Waals surface area contributed by atoms with Crippen LogP contribution >= 0.6 is 0 Å². The third-order valence-corrected chi connectivity index (χ3v) is 3.44. The summed E-state index contributed by atoms with van der Waals surface area (Å²) < 4.78 is 6.10. The molecule has 1 aromatic heterocycles. The molecule has 1 aliphatic heterocycles. The zero-order valence-corrected chi connectivity index (χ0v) is 10.4. The van der Waals surface area contributed by atoms with E-state index in [2.05, 4.69) is 22.4 Å². The van der Waals surface area contributed by atoms with E-state index < -0.39 is 0 Å². The minimum atomic E-state index is 0.290. The van der Waals surface area contributed by atoms with Crippen molar-refractivity contribution in [1.82, 2.24) is 10.3 Å². The standard InChI is InChI=1S/C15H18N2O/c1-2-6-14-12(4-1)7-11-17-15(14)18-13-5-3-9-16-10-8-13/h1-2,4,6-7,11,13,16H,3,5,8-10H2. The summed E-state index contributed by atoms with van der Waals surface area (Å²) in [4.78, 5) is 4.39. The maximum absolute atomic E-state index is 6.10. The molecule has 1 saturated heterocycles. The molecule has 0 amide bonds. The number of nitrogens with zero attached hydrogens (tertiary/aromatic N) is 1. The van der Waals surface area contributed by atoms with Crippen LogP contribution in [0.25, 0.3) is 10.8 Å². The predicted molar refractivity (Wildman–Crippen MR) is 72.9 cm³/mol. The molecule has 1 N–H and O–H groups in total. The van der Waals surface area contributed by atoms with Crippen molar-refractivity contribution in [1.29, 1.82) is 0 Å². The minimum Gasteiger partial charge on any atom is -0.474 e. The molecule has 0 radical (unpaired) electrons. The van der Waals surface area contributed by atoms with Crippen LogP contribution < -0.4 is 10.1 Å². The molecule has 18 heavy (non-hydrogen) atoms. The molecule has 3 heteroatoms. The molecular weight excluding hydrogens is 224 g/mol. The molecule has 1 atom stereocenters. The predicted octanol–water partition coefficient (Wildman–Crippen LogP) is 2.76. The van der Waals surface area contributed by atoms with Gasteiger partial charge in [0.2, 0.25) is 5.88 Å². The van der Waals surface area contributed by atoms with Gasteiger partial charge in [0.05, 0.1) is 0 Å². The molecular formula is C15H18N2O. The Morgan fingerprint density at radius 2 is 2.06 bits per heavy atom. The zero-order valence-electron chi connectivity index (χ0n) is 10.4. The van der Waals surface area contributed by atoms with Crippen molar-refractivity contribution in [2.45, 2.75) is 25.4 Å². The molecule has 1 aliphatic rings. The first-order chi connectivity index (χ1) is 8.93. The monoisotopic (exact) mass is 242 g/mol. The third kappa shape index (κ3) is 2.46. The first-order valence-corrected chi connectivity index (χ1v) is 6.64. The molecule has 1 aromatic carbocycles. The van der Waals surface area contributed by atoms with Gasteiger partial charge in [0.15, 0.2) is 0 Å². The Kier molecular flexibility index (Phi) is 3.42. The highest BCUT2D eigenvalue weighted by atomic mass is 16.5. The lowest BCUT2D eigenvalue weighted by molar-refractivity contribution is 0.182. The van der Waals surface area contributed by atoms with Gasteiger partial charge in [-0.1, -0.05) is 18.2 Å². The number of hydrogen-bond donors (Lipinski definition) is 1. The number of nitrogens with one attached hydrogen (secondary N) is 1. The highest BCUT2D eigenvalue weighted by Crippen LogP contribution is 2.24. The average molecular weight is 242 g/mol. The lowest BCUT2D eigenvalue weighted by atomic mass is 10.1. The van der Waals surface area contributed by atoms with Gasteiger partial charge in [0, 0.05) is 11.6 Å². The van der Waals surface area contributed by atoms with Crippen molar-refractivity contribution in [2.75, 3.05) is 13.1 Å². The summed E-state index contributed by atoms with van der Waals surface area (Å²) in [5.41, 5.74) is 0. The van der Waals surface area contributed by atoms with Gasteiger partial charge in [-0.2, -0.15) is 0 Å². The summed E-state index contributed by atoms with van der Waals surface area (Å²) in [6.45, 7) is 2.14. The molecule has 0 bridgehead atoms. The van der Waals surface area contributed by atoms with Crippen LogP contribution in [0.4, 0.5) is 0 Å². The summed E-state index contributed by atoms with van der Waals surface area (Å²) in [5, 5.41) is 5.70. The fourth-order valence-electron chi connectivity index (χ4n) is 2.45. The summed E-state index contributed by atoms with van der Waals surface area (Å²) in [5.74, 6) is 0.778. The number of pyridine rings is 1. The van der Waals surface area contributed by atoms with E-state index in [1.165, 1.54) is 11.8 Å². The second-order valence-electron chi connectivity index (χ2n) is 4.76. The number of ether oxygens (including phenoxy) is 1. The van der Waals surface area contributed by atoms with Crippen molar-refractivity contribution in [3.63, 3.8) is 0 Å². The van der Waals surface area contributed by atoms with Gasteiger partial charge in [-0.15, -0.1) is 0 Å². The Hall–Kier alpha value is -1.61. The van der Waals surface area contributed by atoms with Crippen LogP contribution in [0.3, 0.4) is 0 Å². The molecule has 2 aromatic rings. The Bertz CT molecular complexity index is 513. The van der Waals surface area contributed by atoms with Gasteiger partial charge in [0.25, 0.3) is 0 Å². The van der Waals surface area contributed by atoms with E-state index in [0.29, 0.717) is 6.10 Å². The van der Waals surface area contributed by atoms with Gasteiger partial charge < -0.3 is 10.1 Å². The maximum atomic E-state index is 6.10. The topological polar surface area (TPSA) is 34.1 Å². The maximum Gasteiger partial charge on any atom is 0.221 e. The van der Waals surface area contributed by atoms with E-state index in [0.717, 1.165) is 37.2 Å². The van der Waals surface area contributed by atoms with Crippen molar-refractivity contribution in [3.05, 3.63) is 36.5 Å². The second-order valence-corrected chi connectivity index (χ2v) is 4.76. The van der Waals surface area contributed by atoms with Crippen LogP contribution in [0.5, 0.6) is 5.88 Å². The van der Waals surface area contributed by atoms with Crippen LogP contribution in [0.15, 0.2) is 36.5 Å². The molecule has 1 fully saturated rings. The van der Waals surface area contributed by atoms with Crippen molar-refractivity contribution in [3.8, 4) is 5.88 Å². The third-order valence-electron chi connectivity index (χ3n) is 3.44. The normalized spacial score (nSPS) is 20.6. The molecule has 1 unspecified atom stereocenters. The van der Waals surface area contributed by atoms with Gasteiger partial charge in [-0.25, -0.2) is 4.98 Å². The van der Waals surface area contributed by atoms with Crippen LogP contribution in [0.2, 0.25) is 0 Å². The van der Waals surface area contributed by atoms with E-state index in [-0.39, 0.29) is 0 Å². The zero-order chi connectivity index (χ0) is 12.2. The van der Waals surface area contributed by atoms with E-state index in [1.807, 2.05) is 24.4 Å². The number of hydrogen-bond acceptors (Lipinski definition) is 3. The molecule has 0 aliphatic carbocycles. The van der Waals surface area contributed by atoms with Crippen molar-refractivity contribution >= 4 is 10.8 Å². The van der Waals surface area contributed by atoms with Gasteiger partial charge >= 0.3 is 0 Å². The number of benzene rings is 1. The SMILES string of the molecule is c1ccc2c(OC3CCCNCC3)nccc2c1. The van der Waals surface area contributed by atoms with Crippen LogP contribution in [-0.4, -0.2) is 24.2 Å². The minimum absolute atomic E-state index is 0.290. The summed E-state index contributed by atoms with van der Waals surface area (Å²) >= 11 is 0. The smallest absolute Gasteiger partial charge is 0.221 e. The van der Waals surface area contributed by atoms with Crippen LogP contribution in [0, 0.1) is 0 Å². The van der Waals surface area contributed by atoms with E-state index in [4.69, 9.17) is 4.74 Å². The summed E-state index contributed by atoms with van der Waals surface area (Å²) in [6, 6.07) is 10.3. The molecule has 94 valence electrons. The number of fused-ring (bicyclic) bond motifs is 1. The first-order valence-electron chi connectivity index (χ1n) is 6.64. The van der Waals surface area contributed by atoms with Gasteiger partial charge in [-0.05, 0) is 49.9 Å². The fraction of sp³-hybridized carbons (Fsp3) is 0.400. The highest BCUT2D eigenvalue weighted by Gasteiger charge is 2.15. The van der Waals surface area contributed by atoms with Gasteiger partial charge in [0.1, 0.15) is 6.10 Å². The molecule has 0 spiro atoms. The van der Waals surface area contributed by atoms with E-state index >= 15 is 0 Å². The quantitative estimate of drug-likeness (QED) is 0.879. The highest BCUT2D eigenvalue weighted by molar-refractivity contribution is 5.86. The van der Waals surface area contributed by atoms with Gasteiger partial charge in [-0.3, -0.25) is 0 Å². The van der Waals surface area contributed by atoms with Crippen molar-refractivity contribution in [2.24, 2.45) is 0 Å². The van der Waals surface area contributed by atoms with E-state index in [9.17, 15) is 0 Å². The Morgan fingerprint density at radius 3 is 3.06 bits per heavy atom. The largest absolute Gasteiger partial charge is 0.474 e. The first kappa shape index (κ1) is 11.5.